The number of rotatable bonds is 6. The zero-order valence-electron chi connectivity index (χ0n) is 17.5. The summed E-state index contributed by atoms with van der Waals surface area (Å²) in [6, 6.07) is 8.27. The van der Waals surface area contributed by atoms with E-state index in [2.05, 4.69) is 36.4 Å². The average molecular weight is 523 g/mol. The van der Waals surface area contributed by atoms with E-state index in [1.165, 1.54) is 29.4 Å². The summed E-state index contributed by atoms with van der Waals surface area (Å²) in [5.74, 6) is 0.172. The second-order valence-electron chi connectivity index (χ2n) is 7.29. The highest BCUT2D eigenvalue weighted by molar-refractivity contribution is 9.10. The Bertz CT molecular complexity index is 1310. The molecule has 0 aliphatic heterocycles. The summed E-state index contributed by atoms with van der Waals surface area (Å²) in [4.78, 5) is 16.7. The van der Waals surface area contributed by atoms with Crippen LogP contribution in [-0.2, 0) is 24.2 Å². The van der Waals surface area contributed by atoms with E-state index in [1.54, 1.807) is 18.3 Å². The monoisotopic (exact) mass is 522 g/mol. The van der Waals surface area contributed by atoms with E-state index in [0.29, 0.717) is 11.4 Å². The lowest BCUT2D eigenvalue weighted by Gasteiger charge is -2.10. The molecule has 1 amide bonds. The molecule has 3 heterocycles. The van der Waals surface area contributed by atoms with E-state index >= 15 is 0 Å². The highest BCUT2D eigenvalue weighted by Gasteiger charge is 2.35. The normalized spacial score (nSPS) is 11.7. The number of alkyl halides is 3. The highest BCUT2D eigenvalue weighted by Crippen LogP contribution is 2.36. The van der Waals surface area contributed by atoms with Gasteiger partial charge in [0.25, 0.3) is 0 Å². The second-order valence-corrected chi connectivity index (χ2v) is 8.21. The van der Waals surface area contributed by atoms with Gasteiger partial charge in [0, 0.05) is 10.2 Å². The van der Waals surface area contributed by atoms with Crippen LogP contribution in [0.4, 0.5) is 18.9 Å². The Morgan fingerprint density at radius 2 is 1.94 bits per heavy atom. The molecule has 33 heavy (non-hydrogen) atoms. The first-order valence-corrected chi connectivity index (χ1v) is 10.5. The van der Waals surface area contributed by atoms with Gasteiger partial charge in [-0.25, -0.2) is 14.3 Å². The number of fused-ring (bicyclic) bond motifs is 1. The maximum absolute atomic E-state index is 13.5. The smallest absolute Gasteiger partial charge is 0.417 e. The van der Waals surface area contributed by atoms with E-state index in [-0.39, 0.29) is 35.7 Å². The van der Waals surface area contributed by atoms with Crippen LogP contribution < -0.4 is 10.1 Å². The molecule has 4 aromatic rings. The van der Waals surface area contributed by atoms with Crippen molar-refractivity contribution in [3.05, 3.63) is 64.1 Å². The Morgan fingerprint density at radius 1 is 1.21 bits per heavy atom. The largest absolute Gasteiger partial charge is 0.471 e. The zero-order valence-corrected chi connectivity index (χ0v) is 19.1. The molecular weight excluding hydrogens is 505 g/mol. The summed E-state index contributed by atoms with van der Waals surface area (Å²) >= 11 is 3.35. The van der Waals surface area contributed by atoms with Crippen LogP contribution in [0.2, 0.25) is 0 Å². The topological polar surface area (TPSA) is 86.9 Å². The Morgan fingerprint density at radius 3 is 2.64 bits per heavy atom. The summed E-state index contributed by atoms with van der Waals surface area (Å²) in [6.07, 6.45) is -1.54. The lowest BCUT2D eigenvalue weighted by Crippen LogP contribution is -2.19. The molecule has 0 unspecified atom stereocenters. The molecule has 0 spiro atoms. The van der Waals surface area contributed by atoms with Crippen molar-refractivity contribution in [1.29, 1.82) is 0 Å². The van der Waals surface area contributed by atoms with Gasteiger partial charge in [0.05, 0.1) is 34.7 Å². The van der Waals surface area contributed by atoms with Crippen LogP contribution in [0.1, 0.15) is 17.0 Å². The van der Waals surface area contributed by atoms with Crippen LogP contribution in [0.5, 0.6) is 5.75 Å². The van der Waals surface area contributed by atoms with E-state index in [1.807, 2.05) is 12.1 Å². The van der Waals surface area contributed by atoms with Crippen molar-refractivity contribution in [2.75, 3.05) is 5.32 Å². The van der Waals surface area contributed by atoms with Gasteiger partial charge in [-0.2, -0.15) is 23.4 Å². The zero-order chi connectivity index (χ0) is 23.8. The van der Waals surface area contributed by atoms with Crippen LogP contribution in [-0.4, -0.2) is 30.5 Å². The number of hydrogen-bond acceptors (Lipinski definition) is 5. The van der Waals surface area contributed by atoms with Crippen molar-refractivity contribution in [2.24, 2.45) is 0 Å². The number of anilines is 1. The third-order valence-electron chi connectivity index (χ3n) is 4.70. The summed E-state index contributed by atoms with van der Waals surface area (Å²) in [6.45, 7) is 2.74. The summed E-state index contributed by atoms with van der Waals surface area (Å²) in [7, 11) is 0. The molecule has 172 valence electrons. The molecular formula is C21H18BrF3N6O2. The third kappa shape index (κ3) is 5.16. The standard InChI is InChI=1S/C21H18BrF3N6O2/c1-12-7-17(21(23,24)25)19-13(2)29-31(20(19)27-12)10-18(32)28-15-8-26-30(9-15)11-33-16-5-3-14(22)4-6-16/h3-9H,10-11H2,1-2H3,(H,28,32). The molecule has 0 fully saturated rings. The predicted molar refractivity (Wildman–Crippen MR) is 118 cm³/mol. The Balaban J connectivity index is 1.45. The Kier molecular flexibility index (Phi) is 6.11. The molecule has 1 aromatic carbocycles. The SMILES string of the molecule is Cc1cc(C(F)(F)F)c2c(C)nn(CC(=O)Nc3cnn(COc4ccc(Br)cc4)c3)c2n1. The highest BCUT2D eigenvalue weighted by atomic mass is 79.9. The maximum atomic E-state index is 13.5. The number of amides is 1. The molecule has 1 N–H and O–H groups in total. The first kappa shape index (κ1) is 22.8. The van der Waals surface area contributed by atoms with Crippen molar-refractivity contribution < 1.29 is 22.7 Å². The number of pyridine rings is 1. The van der Waals surface area contributed by atoms with Crippen molar-refractivity contribution in [3.63, 3.8) is 0 Å². The van der Waals surface area contributed by atoms with E-state index in [4.69, 9.17) is 4.74 Å². The Labute approximate surface area is 194 Å². The maximum Gasteiger partial charge on any atom is 0.417 e. The summed E-state index contributed by atoms with van der Waals surface area (Å²) in [5, 5.41) is 10.8. The van der Waals surface area contributed by atoms with Gasteiger partial charge in [-0.1, -0.05) is 15.9 Å². The summed E-state index contributed by atoms with van der Waals surface area (Å²) in [5.41, 5.74) is -0.0681. The van der Waals surface area contributed by atoms with Gasteiger partial charge in [-0.3, -0.25) is 4.79 Å². The number of aromatic nitrogens is 5. The molecule has 0 aliphatic carbocycles. The Hall–Kier alpha value is -3.41. The van der Waals surface area contributed by atoms with Crippen LogP contribution in [0.3, 0.4) is 0 Å². The molecule has 0 radical (unpaired) electrons. The number of hydrogen-bond donors (Lipinski definition) is 1. The number of benzene rings is 1. The number of carbonyl (C=O) groups is 1. The van der Waals surface area contributed by atoms with Gasteiger partial charge in [0.2, 0.25) is 5.91 Å². The molecule has 12 heteroatoms. The van der Waals surface area contributed by atoms with E-state index in [0.717, 1.165) is 10.5 Å². The lowest BCUT2D eigenvalue weighted by atomic mass is 10.1. The quantitative estimate of drug-likeness (QED) is 0.396. The van der Waals surface area contributed by atoms with E-state index < -0.39 is 17.6 Å². The van der Waals surface area contributed by atoms with Crippen LogP contribution in [0, 0.1) is 13.8 Å². The van der Waals surface area contributed by atoms with Crippen molar-refractivity contribution in [2.45, 2.75) is 33.3 Å². The first-order valence-electron chi connectivity index (χ1n) is 9.73. The predicted octanol–water partition coefficient (Wildman–Crippen LogP) is 4.70. The van der Waals surface area contributed by atoms with Gasteiger partial charge in [-0.15, -0.1) is 0 Å². The number of carbonyl (C=O) groups excluding carboxylic acids is 1. The third-order valence-corrected chi connectivity index (χ3v) is 5.23. The second kappa shape index (κ2) is 8.85. The molecule has 0 bridgehead atoms. The van der Waals surface area contributed by atoms with Crippen molar-refractivity contribution in [1.82, 2.24) is 24.5 Å². The van der Waals surface area contributed by atoms with Gasteiger partial charge < -0.3 is 10.1 Å². The number of nitrogens with one attached hydrogen (secondary N) is 1. The fraction of sp³-hybridized carbons (Fsp3) is 0.238. The molecule has 4 rings (SSSR count). The van der Waals surface area contributed by atoms with E-state index in [9.17, 15) is 18.0 Å². The summed E-state index contributed by atoms with van der Waals surface area (Å²) < 4.78 is 49.6. The molecule has 0 atom stereocenters. The molecule has 3 aromatic heterocycles. The number of nitrogens with zero attached hydrogens (tertiary/aromatic N) is 5. The molecule has 0 saturated heterocycles. The van der Waals surface area contributed by atoms with Gasteiger partial charge in [-0.05, 0) is 44.2 Å². The minimum absolute atomic E-state index is 0.00793. The first-order chi connectivity index (χ1) is 15.6. The van der Waals surface area contributed by atoms with Gasteiger partial charge in [0.1, 0.15) is 12.3 Å². The van der Waals surface area contributed by atoms with Crippen LogP contribution in [0.15, 0.2) is 47.2 Å². The lowest BCUT2D eigenvalue weighted by molar-refractivity contribution is -0.136. The number of aryl methyl sites for hydroxylation is 2. The average Bonchev–Trinajstić information content (AvgIpc) is 3.30. The fourth-order valence-corrected chi connectivity index (χ4v) is 3.58. The van der Waals surface area contributed by atoms with Crippen LogP contribution in [0.25, 0.3) is 11.0 Å². The number of ether oxygens (including phenoxy) is 1. The minimum atomic E-state index is -4.56. The van der Waals surface area contributed by atoms with Crippen molar-refractivity contribution in [3.8, 4) is 5.75 Å². The molecule has 0 aliphatic rings. The molecule has 8 nitrogen and oxygen atoms in total. The molecule has 0 saturated carbocycles. The van der Waals surface area contributed by atoms with Crippen LogP contribution >= 0.6 is 15.9 Å². The van der Waals surface area contributed by atoms with Gasteiger partial charge >= 0.3 is 6.18 Å². The fourth-order valence-electron chi connectivity index (χ4n) is 3.32. The minimum Gasteiger partial charge on any atom is -0.471 e. The van der Waals surface area contributed by atoms with Crippen molar-refractivity contribution >= 4 is 38.6 Å². The number of halogens is 4. The van der Waals surface area contributed by atoms with Gasteiger partial charge in [0.15, 0.2) is 12.4 Å².